The molecule has 0 unspecified atom stereocenters. The summed E-state index contributed by atoms with van der Waals surface area (Å²) in [6.07, 6.45) is 0. The average molecular weight is 822 g/mol. The molecular formula is C57H35N5S. The van der Waals surface area contributed by atoms with E-state index in [9.17, 15) is 0 Å². The van der Waals surface area contributed by atoms with Gasteiger partial charge in [-0.25, -0.2) is 15.0 Å². The predicted molar refractivity (Wildman–Crippen MR) is 263 cm³/mol. The van der Waals surface area contributed by atoms with Crippen LogP contribution in [0.5, 0.6) is 0 Å². The molecule has 9 aromatic carbocycles. The van der Waals surface area contributed by atoms with Crippen molar-refractivity contribution in [1.29, 1.82) is 0 Å². The lowest BCUT2D eigenvalue weighted by Crippen LogP contribution is -2.01. The molecule has 0 aliphatic rings. The van der Waals surface area contributed by atoms with Gasteiger partial charge in [-0.1, -0.05) is 170 Å². The van der Waals surface area contributed by atoms with Gasteiger partial charge in [-0.3, -0.25) is 0 Å². The van der Waals surface area contributed by atoms with E-state index < -0.39 is 0 Å². The van der Waals surface area contributed by atoms with Crippen LogP contribution in [-0.4, -0.2) is 24.1 Å². The SMILES string of the molecule is c1ccc(-c2ccc3c4ccccc4n(-c4cccc5c4sc4c(-n6c7ccccc7c7ccccc76)ccc(-c6nc(-c7ccccc7)nc(-c7ccccc7)n6)c45)c3c2)cc1. The van der Waals surface area contributed by atoms with Crippen LogP contribution in [0.4, 0.5) is 0 Å². The fraction of sp³-hybridized carbons (Fsp3) is 0. The number of hydrogen-bond donors (Lipinski definition) is 0. The monoisotopic (exact) mass is 821 g/mol. The highest BCUT2D eigenvalue weighted by molar-refractivity contribution is 7.26. The molecule has 63 heavy (non-hydrogen) atoms. The van der Waals surface area contributed by atoms with E-state index in [0.717, 1.165) is 43.5 Å². The van der Waals surface area contributed by atoms with Gasteiger partial charge in [0.2, 0.25) is 0 Å². The van der Waals surface area contributed by atoms with Crippen LogP contribution in [0.2, 0.25) is 0 Å². The summed E-state index contributed by atoms with van der Waals surface area (Å²) in [4.78, 5) is 15.6. The molecule has 0 fully saturated rings. The number of para-hydroxylation sites is 3. The number of thiophene rings is 1. The van der Waals surface area contributed by atoms with Crippen LogP contribution in [0, 0.1) is 0 Å². The van der Waals surface area contributed by atoms with Crippen LogP contribution in [0.3, 0.4) is 0 Å². The minimum absolute atomic E-state index is 0.635. The quantitative estimate of drug-likeness (QED) is 0.168. The van der Waals surface area contributed by atoms with Crippen molar-refractivity contribution < 1.29 is 0 Å². The molecule has 13 rings (SSSR count). The molecule has 0 spiro atoms. The molecule has 6 heteroatoms. The van der Waals surface area contributed by atoms with Crippen molar-refractivity contribution in [1.82, 2.24) is 24.1 Å². The number of benzene rings is 9. The van der Waals surface area contributed by atoms with E-state index in [1.54, 1.807) is 0 Å². The summed E-state index contributed by atoms with van der Waals surface area (Å²) < 4.78 is 7.26. The molecule has 0 aliphatic carbocycles. The highest BCUT2D eigenvalue weighted by atomic mass is 32.1. The molecule has 294 valence electrons. The number of hydrogen-bond acceptors (Lipinski definition) is 4. The van der Waals surface area contributed by atoms with Crippen molar-refractivity contribution in [3.05, 3.63) is 212 Å². The largest absolute Gasteiger partial charge is 0.308 e. The Kier molecular flexibility index (Phi) is 8.01. The van der Waals surface area contributed by atoms with Gasteiger partial charge in [-0.2, -0.15) is 0 Å². The van der Waals surface area contributed by atoms with Crippen molar-refractivity contribution >= 4 is 75.1 Å². The van der Waals surface area contributed by atoms with Gasteiger partial charge in [-0.15, -0.1) is 11.3 Å². The second kappa shape index (κ2) is 14.2. The predicted octanol–water partition coefficient (Wildman–Crippen LogP) is 15.1. The molecule has 4 aromatic heterocycles. The van der Waals surface area contributed by atoms with Crippen molar-refractivity contribution in [2.45, 2.75) is 0 Å². The Morgan fingerprint density at radius 3 is 1.35 bits per heavy atom. The third-order valence-electron chi connectivity index (χ3n) is 12.4. The van der Waals surface area contributed by atoms with Gasteiger partial charge in [0.15, 0.2) is 17.5 Å². The highest BCUT2D eigenvalue weighted by Crippen LogP contribution is 2.48. The maximum absolute atomic E-state index is 5.29. The average Bonchev–Trinajstić information content (AvgIpc) is 4.03. The zero-order valence-electron chi connectivity index (χ0n) is 33.9. The first-order valence-electron chi connectivity index (χ1n) is 21.2. The lowest BCUT2D eigenvalue weighted by atomic mass is 10.0. The third kappa shape index (κ3) is 5.59. The number of nitrogens with zero attached hydrogens (tertiary/aromatic N) is 5. The molecule has 0 amide bonds. The minimum atomic E-state index is 0.635. The normalized spacial score (nSPS) is 11.8. The van der Waals surface area contributed by atoms with E-state index in [0.29, 0.717) is 17.5 Å². The first kappa shape index (κ1) is 35.6. The number of rotatable bonds is 6. The summed E-state index contributed by atoms with van der Waals surface area (Å²) in [6, 6.07) is 75.5. The van der Waals surface area contributed by atoms with Crippen LogP contribution in [-0.2, 0) is 0 Å². The van der Waals surface area contributed by atoms with Crippen molar-refractivity contribution in [3.63, 3.8) is 0 Å². The number of fused-ring (bicyclic) bond motifs is 9. The molecular weight excluding hydrogens is 787 g/mol. The molecule has 0 saturated heterocycles. The van der Waals surface area contributed by atoms with Crippen LogP contribution in [0.1, 0.15) is 0 Å². The van der Waals surface area contributed by atoms with Gasteiger partial charge in [0.05, 0.1) is 42.8 Å². The molecule has 0 saturated carbocycles. The Balaban J connectivity index is 1.15. The van der Waals surface area contributed by atoms with E-state index in [4.69, 9.17) is 15.0 Å². The summed E-state index contributed by atoms with van der Waals surface area (Å²) in [6.45, 7) is 0. The third-order valence-corrected chi connectivity index (χ3v) is 13.6. The van der Waals surface area contributed by atoms with E-state index in [-0.39, 0.29) is 0 Å². The Labute approximate surface area is 366 Å². The summed E-state index contributed by atoms with van der Waals surface area (Å²) >= 11 is 1.84. The molecule has 0 aliphatic heterocycles. The van der Waals surface area contributed by atoms with Gasteiger partial charge >= 0.3 is 0 Å². The summed E-state index contributed by atoms with van der Waals surface area (Å²) in [5.41, 5.74) is 12.1. The molecule has 0 radical (unpaired) electrons. The zero-order chi connectivity index (χ0) is 41.4. The summed E-state index contributed by atoms with van der Waals surface area (Å²) in [5.74, 6) is 1.91. The van der Waals surface area contributed by atoms with E-state index >= 15 is 0 Å². The molecule has 0 N–H and O–H groups in total. The molecule has 13 aromatic rings. The maximum Gasteiger partial charge on any atom is 0.164 e. The topological polar surface area (TPSA) is 48.5 Å². The molecule has 5 nitrogen and oxygen atoms in total. The van der Waals surface area contributed by atoms with E-state index in [1.165, 1.54) is 59.4 Å². The fourth-order valence-corrected chi connectivity index (χ4v) is 10.9. The Morgan fingerprint density at radius 1 is 0.302 bits per heavy atom. The lowest BCUT2D eigenvalue weighted by molar-refractivity contribution is 1.08. The molecule has 0 atom stereocenters. The van der Waals surface area contributed by atoms with Gasteiger partial charge in [0.25, 0.3) is 0 Å². The summed E-state index contributed by atoms with van der Waals surface area (Å²) in [7, 11) is 0. The highest BCUT2D eigenvalue weighted by Gasteiger charge is 2.24. The van der Waals surface area contributed by atoms with Crippen LogP contribution in [0.25, 0.3) is 120 Å². The van der Waals surface area contributed by atoms with E-state index in [2.05, 4.69) is 185 Å². The van der Waals surface area contributed by atoms with Crippen LogP contribution in [0.15, 0.2) is 212 Å². The van der Waals surface area contributed by atoms with Crippen molar-refractivity contribution in [2.24, 2.45) is 0 Å². The van der Waals surface area contributed by atoms with Crippen LogP contribution >= 0.6 is 11.3 Å². The Morgan fingerprint density at radius 2 is 0.762 bits per heavy atom. The smallest absolute Gasteiger partial charge is 0.164 e. The zero-order valence-corrected chi connectivity index (χ0v) is 34.7. The molecule has 0 bridgehead atoms. The maximum atomic E-state index is 5.29. The number of aromatic nitrogens is 5. The van der Waals surface area contributed by atoms with Gasteiger partial charge in [0.1, 0.15) is 0 Å². The first-order valence-corrected chi connectivity index (χ1v) is 22.0. The van der Waals surface area contributed by atoms with Gasteiger partial charge in [0, 0.05) is 49.0 Å². The fourth-order valence-electron chi connectivity index (χ4n) is 9.56. The molecule has 4 heterocycles. The lowest BCUT2D eigenvalue weighted by Gasteiger charge is -2.13. The Hall–Kier alpha value is -8.19. The minimum Gasteiger partial charge on any atom is -0.308 e. The van der Waals surface area contributed by atoms with Crippen molar-refractivity contribution in [2.75, 3.05) is 0 Å². The second-order valence-corrected chi connectivity index (χ2v) is 17.0. The Bertz CT molecular complexity index is 3790. The standard InChI is InChI=1S/C57H35N5S/c1-4-17-36(18-5-1)39-31-32-43-42-25-12-15-29-48(42)62(51(43)35-39)49-30-16-26-44-52-45(57-59-55(37-19-6-2-7-20-37)58-56(60-57)38-21-8-3-9-22-38)33-34-50(54(52)63-53(44)49)61-46-27-13-10-23-40(46)41-24-11-14-28-47(41)61/h1-35H. The second-order valence-electron chi connectivity index (χ2n) is 16.0. The first-order chi connectivity index (χ1) is 31.3. The van der Waals surface area contributed by atoms with Crippen molar-refractivity contribution in [3.8, 4) is 56.7 Å². The van der Waals surface area contributed by atoms with Gasteiger partial charge < -0.3 is 9.13 Å². The van der Waals surface area contributed by atoms with Crippen LogP contribution < -0.4 is 0 Å². The van der Waals surface area contributed by atoms with Gasteiger partial charge in [-0.05, 0) is 53.6 Å². The van der Waals surface area contributed by atoms with E-state index in [1.807, 2.05) is 47.7 Å². The summed E-state index contributed by atoms with van der Waals surface area (Å²) in [5, 5.41) is 7.17.